The molecular formula is C13H14F3N3O. The van der Waals surface area contributed by atoms with Gasteiger partial charge >= 0.3 is 6.18 Å². The number of aromatic amines is 1. The molecule has 1 saturated heterocycles. The van der Waals surface area contributed by atoms with Gasteiger partial charge in [0.1, 0.15) is 0 Å². The summed E-state index contributed by atoms with van der Waals surface area (Å²) >= 11 is 0. The van der Waals surface area contributed by atoms with Crippen LogP contribution in [0.15, 0.2) is 24.3 Å². The van der Waals surface area contributed by atoms with E-state index in [0.717, 1.165) is 11.0 Å². The van der Waals surface area contributed by atoms with Gasteiger partial charge in [0, 0.05) is 25.9 Å². The molecule has 0 unspecified atom stereocenters. The van der Waals surface area contributed by atoms with E-state index < -0.39 is 11.8 Å². The van der Waals surface area contributed by atoms with Crippen LogP contribution in [0.3, 0.4) is 0 Å². The Balaban J connectivity index is 1.78. The van der Waals surface area contributed by atoms with Gasteiger partial charge in [0.2, 0.25) is 5.95 Å². The van der Waals surface area contributed by atoms with E-state index in [4.69, 9.17) is 0 Å². The first-order chi connectivity index (χ1) is 9.39. The van der Waals surface area contributed by atoms with E-state index in [-0.39, 0.29) is 25.9 Å². The standard InChI is InChI=1S/C13H14F3N3O/c14-13(15,16)12(20)5-7-19(8-6-12)11-17-9-3-1-2-4-10(9)18-11/h1-4,20H,5-8H2,(H,17,18). The number of hydrogen-bond acceptors (Lipinski definition) is 3. The van der Waals surface area contributed by atoms with Crippen molar-refractivity contribution in [1.29, 1.82) is 0 Å². The van der Waals surface area contributed by atoms with Gasteiger partial charge in [-0.15, -0.1) is 0 Å². The first-order valence-electron chi connectivity index (χ1n) is 6.38. The topological polar surface area (TPSA) is 52.1 Å². The van der Waals surface area contributed by atoms with Crippen molar-refractivity contribution < 1.29 is 18.3 Å². The molecule has 2 N–H and O–H groups in total. The number of halogens is 3. The van der Waals surface area contributed by atoms with Crippen LogP contribution in [0.5, 0.6) is 0 Å². The molecule has 0 aliphatic carbocycles. The summed E-state index contributed by atoms with van der Waals surface area (Å²) in [6, 6.07) is 7.42. The lowest BCUT2D eigenvalue weighted by Gasteiger charge is -2.38. The number of alkyl halides is 3. The Bertz CT molecular complexity index is 582. The van der Waals surface area contributed by atoms with E-state index in [1.165, 1.54) is 0 Å². The third kappa shape index (κ3) is 2.11. The number of aromatic nitrogens is 2. The van der Waals surface area contributed by atoms with Crippen molar-refractivity contribution in [2.45, 2.75) is 24.6 Å². The number of aliphatic hydroxyl groups is 1. The van der Waals surface area contributed by atoms with Crippen LogP contribution >= 0.6 is 0 Å². The quantitative estimate of drug-likeness (QED) is 0.846. The van der Waals surface area contributed by atoms with Crippen molar-refractivity contribution in [3.8, 4) is 0 Å². The van der Waals surface area contributed by atoms with E-state index in [2.05, 4.69) is 9.97 Å². The molecule has 1 aliphatic heterocycles. The lowest BCUT2D eigenvalue weighted by molar-refractivity contribution is -0.266. The summed E-state index contributed by atoms with van der Waals surface area (Å²) in [4.78, 5) is 9.17. The number of H-pyrrole nitrogens is 1. The molecule has 4 nitrogen and oxygen atoms in total. The summed E-state index contributed by atoms with van der Waals surface area (Å²) in [6.45, 7) is 0.242. The molecule has 0 atom stereocenters. The third-order valence-corrected chi connectivity index (χ3v) is 3.79. The average Bonchev–Trinajstić information content (AvgIpc) is 2.82. The predicted octanol–water partition coefficient (Wildman–Crippen LogP) is 2.46. The lowest BCUT2D eigenvalue weighted by atomic mass is 9.91. The number of hydrogen-bond donors (Lipinski definition) is 2. The van der Waals surface area contributed by atoms with Crippen molar-refractivity contribution in [2.24, 2.45) is 0 Å². The third-order valence-electron chi connectivity index (χ3n) is 3.79. The largest absolute Gasteiger partial charge is 0.417 e. The fraction of sp³-hybridized carbons (Fsp3) is 0.462. The van der Waals surface area contributed by atoms with Gasteiger partial charge in [-0.05, 0) is 12.1 Å². The zero-order valence-electron chi connectivity index (χ0n) is 10.6. The summed E-state index contributed by atoms with van der Waals surface area (Å²) in [6.07, 6.45) is -5.26. The molecule has 1 aromatic heterocycles. The van der Waals surface area contributed by atoms with Crippen LogP contribution in [0.1, 0.15) is 12.8 Å². The molecule has 1 fully saturated rings. The Morgan fingerprint density at radius 2 is 1.85 bits per heavy atom. The number of piperidine rings is 1. The highest BCUT2D eigenvalue weighted by Crippen LogP contribution is 2.39. The number of para-hydroxylation sites is 2. The van der Waals surface area contributed by atoms with Crippen LogP contribution in [-0.4, -0.2) is 39.9 Å². The number of fused-ring (bicyclic) bond motifs is 1. The van der Waals surface area contributed by atoms with E-state index >= 15 is 0 Å². The number of benzene rings is 1. The molecule has 0 saturated carbocycles. The number of nitrogens with one attached hydrogen (secondary N) is 1. The minimum Gasteiger partial charge on any atom is -0.380 e. The van der Waals surface area contributed by atoms with Crippen LogP contribution in [0.2, 0.25) is 0 Å². The molecule has 0 amide bonds. The summed E-state index contributed by atoms with van der Waals surface area (Å²) in [5.41, 5.74) is -0.950. The van der Waals surface area contributed by atoms with Gasteiger partial charge in [0.15, 0.2) is 5.60 Å². The van der Waals surface area contributed by atoms with Crippen molar-refractivity contribution in [2.75, 3.05) is 18.0 Å². The maximum absolute atomic E-state index is 12.7. The molecular weight excluding hydrogens is 271 g/mol. The first-order valence-corrected chi connectivity index (χ1v) is 6.38. The minimum atomic E-state index is -4.58. The summed E-state index contributed by atoms with van der Waals surface area (Å²) in [7, 11) is 0. The zero-order chi connectivity index (χ0) is 14.4. The van der Waals surface area contributed by atoms with Gasteiger partial charge in [-0.1, -0.05) is 12.1 Å². The second-order valence-electron chi connectivity index (χ2n) is 5.09. The van der Waals surface area contributed by atoms with Gasteiger partial charge in [0.05, 0.1) is 11.0 Å². The Kier molecular flexibility index (Phi) is 2.89. The Morgan fingerprint density at radius 3 is 2.45 bits per heavy atom. The molecule has 0 bridgehead atoms. The highest BCUT2D eigenvalue weighted by Gasteiger charge is 2.54. The van der Waals surface area contributed by atoms with Crippen molar-refractivity contribution >= 4 is 17.0 Å². The van der Waals surface area contributed by atoms with Gasteiger partial charge in [-0.2, -0.15) is 13.2 Å². The number of rotatable bonds is 1. The fourth-order valence-corrected chi connectivity index (χ4v) is 2.46. The van der Waals surface area contributed by atoms with Gasteiger partial charge in [0.25, 0.3) is 0 Å². The van der Waals surface area contributed by atoms with Crippen LogP contribution in [0, 0.1) is 0 Å². The van der Waals surface area contributed by atoms with E-state index in [9.17, 15) is 18.3 Å². The number of nitrogens with zero attached hydrogens (tertiary/aromatic N) is 2. The van der Waals surface area contributed by atoms with Crippen LogP contribution < -0.4 is 4.90 Å². The average molecular weight is 285 g/mol. The molecule has 1 aromatic carbocycles. The minimum absolute atomic E-state index is 0.121. The number of imidazole rings is 1. The number of anilines is 1. The maximum atomic E-state index is 12.7. The molecule has 108 valence electrons. The highest BCUT2D eigenvalue weighted by atomic mass is 19.4. The monoisotopic (exact) mass is 285 g/mol. The Morgan fingerprint density at radius 1 is 1.20 bits per heavy atom. The van der Waals surface area contributed by atoms with Crippen molar-refractivity contribution in [3.05, 3.63) is 24.3 Å². The Hall–Kier alpha value is -1.76. The second-order valence-corrected chi connectivity index (χ2v) is 5.09. The Labute approximate surface area is 113 Å². The zero-order valence-corrected chi connectivity index (χ0v) is 10.6. The molecule has 1 aliphatic rings. The van der Waals surface area contributed by atoms with Gasteiger partial charge in [-0.25, -0.2) is 4.98 Å². The van der Waals surface area contributed by atoms with E-state index in [0.29, 0.717) is 5.95 Å². The molecule has 20 heavy (non-hydrogen) atoms. The maximum Gasteiger partial charge on any atom is 0.417 e. The van der Waals surface area contributed by atoms with Crippen LogP contribution in [0.25, 0.3) is 11.0 Å². The molecule has 2 aromatic rings. The predicted molar refractivity (Wildman–Crippen MR) is 68.5 cm³/mol. The first kappa shape index (κ1) is 13.2. The van der Waals surface area contributed by atoms with Gasteiger partial charge in [-0.3, -0.25) is 0 Å². The summed E-state index contributed by atoms with van der Waals surface area (Å²) < 4.78 is 38.2. The van der Waals surface area contributed by atoms with E-state index in [1.807, 2.05) is 24.3 Å². The summed E-state index contributed by atoms with van der Waals surface area (Å²) in [5, 5.41) is 9.63. The SMILES string of the molecule is OC1(C(F)(F)F)CCN(c2nc3ccccc3[nH]2)CC1. The van der Waals surface area contributed by atoms with Crippen molar-refractivity contribution in [1.82, 2.24) is 9.97 Å². The molecule has 3 rings (SSSR count). The molecule has 0 spiro atoms. The van der Waals surface area contributed by atoms with Crippen molar-refractivity contribution in [3.63, 3.8) is 0 Å². The molecule has 0 radical (unpaired) electrons. The smallest absolute Gasteiger partial charge is 0.380 e. The molecule has 7 heteroatoms. The summed E-state index contributed by atoms with van der Waals surface area (Å²) in [5.74, 6) is 0.551. The van der Waals surface area contributed by atoms with Crippen LogP contribution in [-0.2, 0) is 0 Å². The molecule has 2 heterocycles. The normalized spacial score (nSPS) is 19.5. The van der Waals surface area contributed by atoms with Crippen LogP contribution in [0.4, 0.5) is 19.1 Å². The second kappa shape index (κ2) is 4.37. The van der Waals surface area contributed by atoms with Gasteiger partial charge < -0.3 is 15.0 Å². The van der Waals surface area contributed by atoms with E-state index in [1.54, 1.807) is 4.90 Å². The highest BCUT2D eigenvalue weighted by molar-refractivity contribution is 5.77. The lowest BCUT2D eigenvalue weighted by Crippen LogP contribution is -2.53. The fourth-order valence-electron chi connectivity index (χ4n) is 2.46.